The monoisotopic (exact) mass is 762 g/mol. The molecule has 5 atom stereocenters. The first kappa shape index (κ1) is 37.2. The average Bonchev–Trinajstić information content (AvgIpc) is 3.09. The molecule has 16 heteroatoms. The molecule has 52 heavy (non-hydrogen) atoms. The minimum absolute atomic E-state index is 0.0207. The van der Waals surface area contributed by atoms with Gasteiger partial charge in [0.15, 0.2) is 5.11 Å². The maximum absolute atomic E-state index is 14.5. The van der Waals surface area contributed by atoms with Gasteiger partial charge in [0, 0.05) is 36.0 Å². The number of benzene rings is 3. The molecule has 3 aromatic carbocycles. The van der Waals surface area contributed by atoms with E-state index >= 15 is 0 Å². The Morgan fingerprint density at radius 1 is 1.00 bits per heavy atom. The third-order valence-electron chi connectivity index (χ3n) is 10.0. The Bertz CT molecular complexity index is 2110. The summed E-state index contributed by atoms with van der Waals surface area (Å²) in [7, 11) is -4.32. The van der Waals surface area contributed by atoms with Gasteiger partial charge in [-0.05, 0) is 73.1 Å². The number of hydrogen-bond acceptors (Lipinski definition) is 5. The molecule has 3 fully saturated rings. The molecule has 8 nitrogen and oxygen atoms in total. The van der Waals surface area contributed by atoms with E-state index in [0.29, 0.717) is 41.4 Å². The summed E-state index contributed by atoms with van der Waals surface area (Å²) in [4.78, 5) is 18.8. The van der Waals surface area contributed by atoms with Crippen LogP contribution in [0.1, 0.15) is 41.1 Å². The first-order valence-corrected chi connectivity index (χ1v) is 18.1. The SMILES string of the molecule is C=CC1C[N+]2(C(=O)NS(=O)(=O)c3ccc(C)cc3)CCC1CC2[C@@H](NC(=S)Nc1cc(C(F)(F)F)cc(C(F)(F)F)c1)c1ccnc2ccccc12. The van der Waals surface area contributed by atoms with E-state index in [-0.39, 0.29) is 45.5 Å². The van der Waals surface area contributed by atoms with Gasteiger partial charge in [0.1, 0.15) is 12.1 Å². The summed E-state index contributed by atoms with van der Waals surface area (Å²) in [5.41, 5.74) is -1.61. The van der Waals surface area contributed by atoms with Crippen LogP contribution < -0.4 is 15.4 Å². The van der Waals surface area contributed by atoms with Crippen molar-refractivity contribution >= 4 is 50.0 Å². The predicted molar refractivity (Wildman–Crippen MR) is 187 cm³/mol. The number of fused-ring (bicyclic) bond motifs is 4. The van der Waals surface area contributed by atoms with Gasteiger partial charge in [-0.1, -0.05) is 42.0 Å². The lowest BCUT2D eigenvalue weighted by atomic mass is 9.71. The van der Waals surface area contributed by atoms with Gasteiger partial charge < -0.3 is 10.6 Å². The number of pyridine rings is 1. The van der Waals surface area contributed by atoms with Crippen molar-refractivity contribution in [2.75, 3.05) is 18.4 Å². The second-order valence-corrected chi connectivity index (χ2v) is 15.3. The number of amides is 2. The number of alkyl halides is 6. The molecule has 4 aromatic rings. The fourth-order valence-electron chi connectivity index (χ4n) is 7.44. The fraction of sp³-hybridized carbons (Fsp3) is 0.306. The Morgan fingerprint density at radius 3 is 2.29 bits per heavy atom. The lowest BCUT2D eigenvalue weighted by molar-refractivity contribution is -0.898. The molecule has 3 aliphatic rings. The van der Waals surface area contributed by atoms with E-state index in [1.54, 1.807) is 61.7 Å². The third-order valence-corrected chi connectivity index (χ3v) is 11.6. The van der Waals surface area contributed by atoms with Crippen molar-refractivity contribution in [2.24, 2.45) is 11.8 Å². The Balaban J connectivity index is 1.43. The molecule has 0 aliphatic carbocycles. The molecule has 7 rings (SSSR count). The van der Waals surface area contributed by atoms with E-state index in [1.165, 1.54) is 12.1 Å². The van der Waals surface area contributed by atoms with Gasteiger partial charge in [-0.25, -0.2) is 17.7 Å². The smallest absolute Gasteiger partial charge is 0.350 e. The van der Waals surface area contributed by atoms with Crippen LogP contribution in [0, 0.1) is 18.8 Å². The van der Waals surface area contributed by atoms with Crippen LogP contribution in [0.5, 0.6) is 0 Å². The summed E-state index contributed by atoms with van der Waals surface area (Å²) in [6, 6.07) is 13.5. The van der Waals surface area contributed by atoms with Crippen molar-refractivity contribution in [3.63, 3.8) is 0 Å². The highest BCUT2D eigenvalue weighted by molar-refractivity contribution is 7.90. The Labute approximate surface area is 301 Å². The highest BCUT2D eigenvalue weighted by Gasteiger charge is 2.59. The van der Waals surface area contributed by atoms with Gasteiger partial charge in [0.2, 0.25) is 0 Å². The van der Waals surface area contributed by atoms with Crippen molar-refractivity contribution in [2.45, 2.75) is 49.1 Å². The molecule has 0 spiro atoms. The van der Waals surface area contributed by atoms with Gasteiger partial charge in [-0.2, -0.15) is 31.1 Å². The Hall–Kier alpha value is -4.54. The van der Waals surface area contributed by atoms with E-state index in [1.807, 2.05) is 0 Å². The van der Waals surface area contributed by atoms with Crippen molar-refractivity contribution in [3.05, 3.63) is 114 Å². The molecule has 274 valence electrons. The lowest BCUT2D eigenvalue weighted by Crippen LogP contribution is -2.74. The molecule has 3 aliphatic heterocycles. The van der Waals surface area contributed by atoms with Crippen molar-refractivity contribution in [3.8, 4) is 0 Å². The molecule has 1 aromatic heterocycles. The minimum Gasteiger partial charge on any atom is -0.350 e. The second-order valence-electron chi connectivity index (χ2n) is 13.2. The second kappa shape index (κ2) is 13.8. The first-order valence-electron chi connectivity index (χ1n) is 16.3. The average molecular weight is 763 g/mol. The van der Waals surface area contributed by atoms with Crippen LogP contribution in [0.2, 0.25) is 0 Å². The summed E-state index contributed by atoms with van der Waals surface area (Å²) < 4.78 is 111. The largest absolute Gasteiger partial charge is 0.430 e. The quantitative estimate of drug-likeness (QED) is 0.0758. The molecule has 4 heterocycles. The number of thiocarbonyl (C=S) groups is 1. The molecule has 3 saturated heterocycles. The summed E-state index contributed by atoms with van der Waals surface area (Å²) in [5.74, 6) is -0.107. The number of carbonyl (C=O) groups is 1. The number of sulfonamides is 1. The maximum Gasteiger partial charge on any atom is 0.430 e. The Morgan fingerprint density at radius 2 is 1.65 bits per heavy atom. The van der Waals surface area contributed by atoms with E-state index in [4.69, 9.17) is 12.2 Å². The number of urea groups is 1. The standard InChI is InChI=1S/C36H33F6N5O3S2/c1-3-22-20-47(34(48)46-52(49,50)27-10-8-21(2)9-11-27)15-13-23(22)16-31(47)32(29-12-14-43-30-7-5-4-6-28(29)30)45-33(51)44-26-18-24(35(37,38)39)17-25(19-26)36(40,41)42/h3-12,14,17-19,22-23,31-32H,1,13,15-16,20H2,2H3,(H2-,44,45,46,48,51)/p+1/t22?,23?,31?,32-,47?/m0/s1. The number of nitrogens with zero attached hydrogens (tertiary/aromatic N) is 2. The van der Waals surface area contributed by atoms with Crippen molar-refractivity contribution in [1.82, 2.24) is 15.0 Å². The number of nitrogens with one attached hydrogen (secondary N) is 3. The maximum atomic E-state index is 14.5. The van der Waals surface area contributed by atoms with Crippen LogP contribution in [-0.4, -0.2) is 48.2 Å². The van der Waals surface area contributed by atoms with Crippen LogP contribution >= 0.6 is 12.2 Å². The minimum atomic E-state index is -5.08. The van der Waals surface area contributed by atoms with Gasteiger partial charge in [0.25, 0.3) is 10.0 Å². The molecule has 0 radical (unpaired) electrons. The summed E-state index contributed by atoms with van der Waals surface area (Å²) in [5, 5.41) is 5.96. The number of halogens is 6. The van der Waals surface area contributed by atoms with Crippen molar-refractivity contribution in [1.29, 1.82) is 0 Å². The van der Waals surface area contributed by atoms with Crippen LogP contribution in [0.25, 0.3) is 10.9 Å². The number of carbonyl (C=O) groups excluding carboxylic acids is 1. The van der Waals surface area contributed by atoms with Crippen LogP contribution in [0.4, 0.5) is 36.8 Å². The number of anilines is 1. The van der Waals surface area contributed by atoms with Gasteiger partial charge >= 0.3 is 18.4 Å². The van der Waals surface area contributed by atoms with E-state index in [2.05, 4.69) is 26.9 Å². The van der Waals surface area contributed by atoms with Crippen LogP contribution in [0.15, 0.2) is 96.5 Å². The third kappa shape index (κ3) is 7.36. The highest BCUT2D eigenvalue weighted by atomic mass is 32.2. The molecular formula is C36H34F6N5O3S2+. The van der Waals surface area contributed by atoms with Crippen molar-refractivity contribution < 1.29 is 44.0 Å². The van der Waals surface area contributed by atoms with Gasteiger partial charge in [0.05, 0.1) is 34.6 Å². The zero-order chi connectivity index (χ0) is 37.6. The molecule has 2 amide bonds. The highest BCUT2D eigenvalue weighted by Crippen LogP contribution is 2.47. The number of aryl methyl sites for hydroxylation is 1. The van der Waals surface area contributed by atoms with Gasteiger partial charge in [-0.3, -0.25) is 4.98 Å². The lowest BCUT2D eigenvalue weighted by Gasteiger charge is -2.56. The summed E-state index contributed by atoms with van der Waals surface area (Å²) >= 11 is 5.55. The number of hydrogen-bond donors (Lipinski definition) is 3. The molecule has 4 unspecified atom stereocenters. The fourth-order valence-corrected chi connectivity index (χ4v) is 8.71. The van der Waals surface area contributed by atoms with E-state index in [0.717, 1.165) is 5.56 Å². The predicted octanol–water partition coefficient (Wildman–Crippen LogP) is 8.12. The molecule has 3 N–H and O–H groups in total. The zero-order valence-electron chi connectivity index (χ0n) is 27.6. The number of piperidine rings is 3. The summed E-state index contributed by atoms with van der Waals surface area (Å²) in [6.07, 6.45) is -5.91. The number of aromatic nitrogens is 1. The van der Waals surface area contributed by atoms with E-state index < -0.39 is 57.3 Å². The van der Waals surface area contributed by atoms with Gasteiger partial charge in [-0.15, -0.1) is 6.58 Å². The van der Waals surface area contributed by atoms with Crippen LogP contribution in [0.3, 0.4) is 0 Å². The molecule has 0 saturated carbocycles. The topological polar surface area (TPSA) is 100 Å². The molecule has 2 bridgehead atoms. The van der Waals surface area contributed by atoms with E-state index in [9.17, 15) is 39.6 Å². The zero-order valence-corrected chi connectivity index (χ0v) is 29.3. The Kier molecular flexibility index (Phi) is 9.87. The molecular weight excluding hydrogens is 729 g/mol. The van der Waals surface area contributed by atoms with Crippen LogP contribution in [-0.2, 0) is 22.4 Å². The number of quaternary nitrogens is 1. The number of para-hydroxylation sites is 1. The summed E-state index contributed by atoms with van der Waals surface area (Å²) in [6.45, 7) is 6.20. The number of rotatable bonds is 7. The normalized spacial score (nSPS) is 22.4. The first-order chi connectivity index (χ1) is 24.4.